The van der Waals surface area contributed by atoms with E-state index in [-0.39, 0.29) is 33.6 Å². The Hall–Kier alpha value is -5.32. The molecule has 2 aliphatic rings. The molecule has 2 saturated heterocycles. The summed E-state index contributed by atoms with van der Waals surface area (Å²) in [6.07, 6.45) is 7.53. The summed E-state index contributed by atoms with van der Waals surface area (Å²) in [6, 6.07) is 21.0. The summed E-state index contributed by atoms with van der Waals surface area (Å²) in [5.41, 5.74) is 4.00. The third kappa shape index (κ3) is 7.48. The number of sulfonamides is 1. The van der Waals surface area contributed by atoms with Gasteiger partial charge in [-0.05, 0) is 93.4 Å². The molecule has 16 heteroatoms. The van der Waals surface area contributed by atoms with Crippen LogP contribution in [0.1, 0.15) is 54.4 Å². The second kappa shape index (κ2) is 15.2. The fraction of sp³-hybridized carbons (Fsp3) is 0.366. The topological polar surface area (TPSA) is 157 Å². The number of carbonyl (C=O) groups excluding carboxylic acids is 1. The number of piperidine rings is 2. The molecular formula is C41H47N9O5S2. The number of nitrogens with one attached hydrogen (secondary N) is 1. The molecule has 4 aromatic heterocycles. The van der Waals surface area contributed by atoms with Gasteiger partial charge in [-0.1, -0.05) is 48.5 Å². The van der Waals surface area contributed by atoms with Crippen molar-refractivity contribution in [2.75, 3.05) is 30.9 Å². The van der Waals surface area contributed by atoms with Crippen LogP contribution in [0.5, 0.6) is 0 Å². The maximum atomic E-state index is 14.5. The van der Waals surface area contributed by atoms with E-state index in [9.17, 15) is 21.6 Å². The second-order valence-electron chi connectivity index (χ2n) is 15.2. The molecule has 0 spiro atoms. The molecule has 0 saturated carbocycles. The van der Waals surface area contributed by atoms with Crippen molar-refractivity contribution < 1.29 is 21.6 Å². The molecule has 0 unspecified atom stereocenters. The van der Waals surface area contributed by atoms with Crippen LogP contribution in [0.4, 0.5) is 5.82 Å². The summed E-state index contributed by atoms with van der Waals surface area (Å²) >= 11 is 0. The van der Waals surface area contributed by atoms with Gasteiger partial charge in [0.2, 0.25) is 5.91 Å². The van der Waals surface area contributed by atoms with E-state index in [2.05, 4.69) is 24.6 Å². The summed E-state index contributed by atoms with van der Waals surface area (Å²) in [5.74, 6) is 1.57. The molecule has 6 aromatic rings. The molecule has 2 aromatic carbocycles. The summed E-state index contributed by atoms with van der Waals surface area (Å²) in [6.45, 7) is 6.81. The van der Waals surface area contributed by atoms with Crippen molar-refractivity contribution in [1.82, 2.24) is 37.9 Å². The molecule has 14 nitrogen and oxygen atoms in total. The molecule has 2 fully saturated rings. The van der Waals surface area contributed by atoms with Crippen LogP contribution in [-0.4, -0.2) is 86.8 Å². The third-order valence-electron chi connectivity index (χ3n) is 11.5. The van der Waals surface area contributed by atoms with Crippen LogP contribution in [0.2, 0.25) is 0 Å². The maximum Gasteiger partial charge on any atom is 0.287 e. The predicted molar refractivity (Wildman–Crippen MR) is 217 cm³/mol. The zero-order chi connectivity index (χ0) is 40.1. The first-order valence-corrected chi connectivity index (χ1v) is 22.2. The number of rotatable bonds is 10. The van der Waals surface area contributed by atoms with Gasteiger partial charge in [-0.2, -0.15) is 16.8 Å². The Morgan fingerprint density at radius 3 is 2.07 bits per heavy atom. The fourth-order valence-electron chi connectivity index (χ4n) is 8.23. The van der Waals surface area contributed by atoms with E-state index in [1.807, 2.05) is 65.6 Å². The number of likely N-dealkylation sites (tertiary alicyclic amines) is 2. The van der Waals surface area contributed by atoms with Crippen LogP contribution >= 0.6 is 0 Å². The Balaban J connectivity index is 0.944. The van der Waals surface area contributed by atoms with Gasteiger partial charge in [0, 0.05) is 63.6 Å². The van der Waals surface area contributed by atoms with Crippen LogP contribution < -0.4 is 4.72 Å². The van der Waals surface area contributed by atoms with E-state index in [4.69, 9.17) is 0 Å². The molecule has 0 bridgehead atoms. The zero-order valence-electron chi connectivity index (χ0n) is 32.5. The van der Waals surface area contributed by atoms with Gasteiger partial charge in [-0.3, -0.25) is 14.4 Å². The van der Waals surface area contributed by atoms with Crippen LogP contribution in [0.15, 0.2) is 95.4 Å². The van der Waals surface area contributed by atoms with Gasteiger partial charge < -0.3 is 14.0 Å². The Morgan fingerprint density at radius 1 is 0.789 bits per heavy atom. The minimum absolute atomic E-state index is 0.00287. The van der Waals surface area contributed by atoms with E-state index in [0.29, 0.717) is 42.5 Å². The Bertz CT molecular complexity index is 2630. The molecule has 6 heterocycles. The highest BCUT2D eigenvalue weighted by Crippen LogP contribution is 2.44. The monoisotopic (exact) mass is 809 g/mol. The van der Waals surface area contributed by atoms with Crippen molar-refractivity contribution in [3.8, 4) is 11.3 Å². The molecule has 0 atom stereocenters. The third-order valence-corrected chi connectivity index (χ3v) is 14.3. The predicted octanol–water partition coefficient (Wildman–Crippen LogP) is 5.44. The number of benzene rings is 2. The molecule has 57 heavy (non-hydrogen) atoms. The number of imidazole rings is 2. The van der Waals surface area contributed by atoms with E-state index in [1.54, 1.807) is 55.5 Å². The number of para-hydroxylation sites is 1. The summed E-state index contributed by atoms with van der Waals surface area (Å²) in [5, 5.41) is 0.840. The SMILES string of the molecule is Cc1nc(S(=O)(=O)Nc2cc(CN3CCC(C(=O)N4CCC(c5c(-c6ccccc6)n(S(=O)(=O)c6cn(C)c(C)n6)c6ccccc56)CC4)CC3)ccn2)cn1C. The second-order valence-corrected chi connectivity index (χ2v) is 18.6. The number of amides is 1. The van der Waals surface area contributed by atoms with Gasteiger partial charge >= 0.3 is 0 Å². The Labute approximate surface area is 333 Å². The van der Waals surface area contributed by atoms with Crippen LogP contribution in [-0.2, 0) is 45.5 Å². The first-order valence-electron chi connectivity index (χ1n) is 19.2. The van der Waals surface area contributed by atoms with Gasteiger partial charge in [0.15, 0.2) is 10.1 Å². The number of anilines is 1. The van der Waals surface area contributed by atoms with Gasteiger partial charge in [-0.25, -0.2) is 18.9 Å². The largest absolute Gasteiger partial charge is 0.342 e. The van der Waals surface area contributed by atoms with Crippen LogP contribution in [0.25, 0.3) is 22.2 Å². The molecular weight excluding hydrogens is 763 g/mol. The van der Waals surface area contributed by atoms with Gasteiger partial charge in [-0.15, -0.1) is 0 Å². The number of nitrogens with zero attached hydrogens (tertiary/aromatic N) is 8. The van der Waals surface area contributed by atoms with E-state index in [0.717, 1.165) is 60.8 Å². The van der Waals surface area contributed by atoms with Crippen molar-refractivity contribution in [2.24, 2.45) is 20.0 Å². The van der Waals surface area contributed by atoms with E-state index >= 15 is 0 Å². The van der Waals surface area contributed by atoms with Gasteiger partial charge in [0.25, 0.3) is 20.0 Å². The quantitative estimate of drug-likeness (QED) is 0.190. The minimum atomic E-state index is -4.07. The lowest BCUT2D eigenvalue weighted by atomic mass is 9.85. The highest BCUT2D eigenvalue weighted by Gasteiger charge is 2.36. The standard InChI is InChI=1S/C41H47N9O5S2/c1-28-43-37(26-46(28)3)56(52,53)45-36-24-30(14-19-42-36)25-48-20-15-33(16-21-48)41(51)49-22-17-31(18-23-49)39-34-12-8-9-13-35(34)50(40(39)32-10-6-5-7-11-32)57(54,55)38-27-47(4)29(2)44-38/h5-14,19,24,26-27,31,33H,15-18,20-23,25H2,1-4H3,(H,42,45). The van der Waals surface area contributed by atoms with Crippen molar-refractivity contribution >= 4 is 42.7 Å². The number of carbonyl (C=O) groups is 1. The lowest BCUT2D eigenvalue weighted by molar-refractivity contribution is -0.138. The van der Waals surface area contributed by atoms with Crippen molar-refractivity contribution in [3.63, 3.8) is 0 Å². The van der Waals surface area contributed by atoms with Crippen molar-refractivity contribution in [3.05, 3.63) is 108 Å². The Kier molecular flexibility index (Phi) is 10.3. The number of hydrogen-bond donors (Lipinski definition) is 1. The lowest BCUT2D eigenvalue weighted by Crippen LogP contribution is -2.45. The van der Waals surface area contributed by atoms with Crippen LogP contribution in [0.3, 0.4) is 0 Å². The fourth-order valence-corrected chi connectivity index (χ4v) is 10.9. The first kappa shape index (κ1) is 38.5. The number of hydrogen-bond acceptors (Lipinski definition) is 9. The molecule has 8 rings (SSSR count). The molecule has 0 radical (unpaired) electrons. The summed E-state index contributed by atoms with van der Waals surface area (Å²) in [7, 11) is -4.42. The normalized spacial score (nSPS) is 16.4. The molecule has 1 N–H and O–H groups in total. The summed E-state index contributed by atoms with van der Waals surface area (Å²) in [4.78, 5) is 31.0. The van der Waals surface area contributed by atoms with E-state index < -0.39 is 20.0 Å². The number of fused-ring (bicyclic) bond motifs is 1. The van der Waals surface area contributed by atoms with E-state index in [1.165, 1.54) is 10.2 Å². The number of aryl methyl sites for hydroxylation is 4. The van der Waals surface area contributed by atoms with Crippen molar-refractivity contribution in [2.45, 2.75) is 62.0 Å². The zero-order valence-corrected chi connectivity index (χ0v) is 34.2. The minimum Gasteiger partial charge on any atom is -0.342 e. The van der Waals surface area contributed by atoms with Crippen LogP contribution in [0, 0.1) is 19.8 Å². The van der Waals surface area contributed by atoms with Crippen molar-refractivity contribution in [1.29, 1.82) is 0 Å². The average Bonchev–Trinajstić information content (AvgIpc) is 3.87. The summed E-state index contributed by atoms with van der Waals surface area (Å²) < 4.78 is 62.2. The van der Waals surface area contributed by atoms with Gasteiger partial charge in [0.1, 0.15) is 17.5 Å². The highest BCUT2D eigenvalue weighted by molar-refractivity contribution is 7.92. The number of aromatic nitrogens is 6. The van der Waals surface area contributed by atoms with Gasteiger partial charge in [0.05, 0.1) is 11.2 Å². The number of pyridine rings is 1. The highest BCUT2D eigenvalue weighted by atomic mass is 32.2. The molecule has 0 aliphatic carbocycles. The average molecular weight is 810 g/mol. The lowest BCUT2D eigenvalue weighted by Gasteiger charge is -2.37. The first-order chi connectivity index (χ1) is 27.3. The molecule has 298 valence electrons. The smallest absolute Gasteiger partial charge is 0.287 e. The molecule has 1 amide bonds. The molecule has 2 aliphatic heterocycles. The maximum absolute atomic E-state index is 14.5. The Morgan fingerprint density at radius 2 is 1.42 bits per heavy atom.